The van der Waals surface area contributed by atoms with Crippen LogP contribution in [0.3, 0.4) is 0 Å². The molecule has 2 atom stereocenters. The summed E-state index contributed by atoms with van der Waals surface area (Å²) in [5.74, 6) is 0. The molecule has 1 fully saturated rings. The molecule has 35 heavy (non-hydrogen) atoms. The number of thiophene rings is 1. The second-order valence-corrected chi connectivity index (χ2v) is 11.2. The molecule has 1 unspecified atom stereocenters. The summed E-state index contributed by atoms with van der Waals surface area (Å²) in [5.41, 5.74) is -0.139. The van der Waals surface area contributed by atoms with Crippen LogP contribution in [0.2, 0.25) is 0 Å². The fourth-order valence-electron chi connectivity index (χ4n) is 4.78. The molecule has 3 rings (SSSR count). The van der Waals surface area contributed by atoms with E-state index in [2.05, 4.69) is 10.3 Å². The molecule has 1 aliphatic heterocycles. The van der Waals surface area contributed by atoms with Crippen LogP contribution in [-0.2, 0) is 16.7 Å². The van der Waals surface area contributed by atoms with Gasteiger partial charge in [0.05, 0.1) is 6.10 Å². The molecule has 3 heterocycles. The maximum absolute atomic E-state index is 14.5. The van der Waals surface area contributed by atoms with Crippen molar-refractivity contribution in [2.24, 2.45) is 5.41 Å². The van der Waals surface area contributed by atoms with E-state index in [0.717, 1.165) is 22.6 Å². The van der Waals surface area contributed by atoms with Gasteiger partial charge in [-0.15, -0.1) is 11.3 Å². The number of hydrogen-bond acceptors (Lipinski definition) is 5. The molecule has 0 aromatic carbocycles. The van der Waals surface area contributed by atoms with Gasteiger partial charge in [-0.05, 0) is 84.2 Å². The third-order valence-electron chi connectivity index (χ3n) is 6.84. The van der Waals surface area contributed by atoms with Crippen molar-refractivity contribution in [2.45, 2.75) is 77.7 Å². The van der Waals surface area contributed by atoms with Crippen molar-refractivity contribution in [3.8, 4) is 0 Å². The highest BCUT2D eigenvalue weighted by Gasteiger charge is 2.58. The Balaban J connectivity index is 1.94. The highest BCUT2D eigenvalue weighted by molar-refractivity contribution is 7.10. The SMILES string of the molecule is Cc1ccc(C(C)(C)N2CCC(CCc3ccc(F)s3)([C@@H](NC(=O)OC(C)C)C(F)(F)F)C2)cn1. The lowest BCUT2D eigenvalue weighted by Crippen LogP contribution is -2.58. The normalized spacial score (nSPS) is 20.3. The van der Waals surface area contributed by atoms with Gasteiger partial charge in [-0.1, -0.05) is 6.07 Å². The fourth-order valence-corrected chi connectivity index (χ4v) is 5.50. The van der Waals surface area contributed by atoms with Crippen LogP contribution < -0.4 is 5.32 Å². The molecule has 1 saturated heterocycles. The maximum atomic E-state index is 14.5. The molecule has 0 bridgehead atoms. The number of alkyl halides is 3. The highest BCUT2D eigenvalue weighted by atomic mass is 32.1. The lowest BCUT2D eigenvalue weighted by molar-refractivity contribution is -0.183. The standard InChI is InChI=1S/C25H33F4N3O2S/c1-16(2)34-22(33)31-21(25(27,28)29)24(11-10-19-8-9-20(26)35-19)12-13-32(15-24)23(4,5)18-7-6-17(3)30-14-18/h6-9,14,16,21H,10-13,15H2,1-5H3,(H,31,33)/t21-,24?/m1/s1. The number of alkyl carbamates (subject to hydrolysis) is 1. The fraction of sp³-hybridized carbons (Fsp3) is 0.600. The number of hydrogen-bond donors (Lipinski definition) is 1. The summed E-state index contributed by atoms with van der Waals surface area (Å²) in [6.07, 6.45) is -3.95. The molecule has 1 amide bonds. The zero-order valence-electron chi connectivity index (χ0n) is 20.7. The average molecular weight is 516 g/mol. The number of carbonyl (C=O) groups is 1. The Morgan fingerprint density at radius 2 is 1.97 bits per heavy atom. The minimum absolute atomic E-state index is 0.105. The third-order valence-corrected chi connectivity index (χ3v) is 7.77. The van der Waals surface area contributed by atoms with Crippen LogP contribution >= 0.6 is 11.3 Å². The van der Waals surface area contributed by atoms with Crippen molar-refractivity contribution in [3.63, 3.8) is 0 Å². The Hall–Kier alpha value is -2.20. The third kappa shape index (κ3) is 6.52. The van der Waals surface area contributed by atoms with Gasteiger partial charge in [0.15, 0.2) is 5.13 Å². The first-order valence-electron chi connectivity index (χ1n) is 11.7. The van der Waals surface area contributed by atoms with Crippen LogP contribution in [0, 0.1) is 17.5 Å². The first-order valence-corrected chi connectivity index (χ1v) is 12.5. The zero-order valence-corrected chi connectivity index (χ0v) is 21.5. The van der Waals surface area contributed by atoms with Crippen LogP contribution in [-0.4, -0.2) is 47.4 Å². The van der Waals surface area contributed by atoms with E-state index < -0.39 is 35.4 Å². The van der Waals surface area contributed by atoms with Gasteiger partial charge in [-0.25, -0.2) is 4.79 Å². The number of aryl methyl sites for hydroxylation is 2. The van der Waals surface area contributed by atoms with E-state index in [-0.39, 0.29) is 30.9 Å². The summed E-state index contributed by atoms with van der Waals surface area (Å²) in [6.45, 7) is 9.49. The van der Waals surface area contributed by atoms with E-state index in [1.54, 1.807) is 26.1 Å². The molecule has 194 valence electrons. The van der Waals surface area contributed by atoms with E-state index in [4.69, 9.17) is 4.74 Å². The van der Waals surface area contributed by atoms with E-state index in [0.29, 0.717) is 11.4 Å². The molecule has 5 nitrogen and oxygen atoms in total. The Bertz CT molecular complexity index is 1010. The van der Waals surface area contributed by atoms with Crippen molar-refractivity contribution in [2.75, 3.05) is 13.1 Å². The molecule has 2 aromatic rings. The minimum Gasteiger partial charge on any atom is -0.447 e. The molecule has 0 saturated carbocycles. The quantitative estimate of drug-likeness (QED) is 0.425. The van der Waals surface area contributed by atoms with Crippen LogP contribution in [0.5, 0.6) is 0 Å². The average Bonchev–Trinajstić information content (AvgIpc) is 3.37. The van der Waals surface area contributed by atoms with Gasteiger partial charge in [0.2, 0.25) is 0 Å². The molecule has 2 aromatic heterocycles. The number of nitrogens with one attached hydrogen (secondary N) is 1. The molecular weight excluding hydrogens is 482 g/mol. The first-order chi connectivity index (χ1) is 16.2. The zero-order chi connectivity index (χ0) is 26.0. The van der Waals surface area contributed by atoms with E-state index in [1.165, 1.54) is 6.07 Å². The van der Waals surface area contributed by atoms with Crippen LogP contribution in [0.1, 0.15) is 56.7 Å². The summed E-state index contributed by atoms with van der Waals surface area (Å²) in [6, 6.07) is 4.64. The number of amides is 1. The van der Waals surface area contributed by atoms with E-state index in [1.807, 2.05) is 37.8 Å². The first kappa shape index (κ1) is 27.4. The molecule has 0 spiro atoms. The van der Waals surface area contributed by atoms with Gasteiger partial charge in [0.1, 0.15) is 6.04 Å². The van der Waals surface area contributed by atoms with Gasteiger partial charge >= 0.3 is 12.3 Å². The number of pyridine rings is 1. The summed E-state index contributed by atoms with van der Waals surface area (Å²) in [5, 5.41) is 1.76. The molecule has 1 N–H and O–H groups in total. The lowest BCUT2D eigenvalue weighted by Gasteiger charge is -2.42. The number of halogens is 4. The van der Waals surface area contributed by atoms with Gasteiger partial charge in [-0.2, -0.15) is 17.6 Å². The number of carbonyl (C=O) groups excluding carboxylic acids is 1. The summed E-state index contributed by atoms with van der Waals surface area (Å²) < 4.78 is 62.0. The van der Waals surface area contributed by atoms with Gasteiger partial charge in [-0.3, -0.25) is 9.88 Å². The second kappa shape index (κ2) is 10.4. The summed E-state index contributed by atoms with van der Waals surface area (Å²) in [7, 11) is 0. The van der Waals surface area contributed by atoms with Crippen molar-refractivity contribution in [1.82, 2.24) is 15.2 Å². The van der Waals surface area contributed by atoms with Crippen LogP contribution in [0.25, 0.3) is 0 Å². The molecule has 0 aliphatic carbocycles. The lowest BCUT2D eigenvalue weighted by atomic mass is 9.74. The van der Waals surface area contributed by atoms with Crippen molar-refractivity contribution in [3.05, 3.63) is 51.7 Å². The highest BCUT2D eigenvalue weighted by Crippen LogP contribution is 2.48. The molecule has 10 heteroatoms. The Morgan fingerprint density at radius 3 is 2.51 bits per heavy atom. The Morgan fingerprint density at radius 1 is 1.26 bits per heavy atom. The minimum atomic E-state index is -4.69. The van der Waals surface area contributed by atoms with Crippen molar-refractivity contribution < 1.29 is 27.1 Å². The van der Waals surface area contributed by atoms with Gasteiger partial charge in [0, 0.05) is 34.3 Å². The van der Waals surface area contributed by atoms with Crippen molar-refractivity contribution >= 4 is 17.4 Å². The van der Waals surface area contributed by atoms with Crippen molar-refractivity contribution in [1.29, 1.82) is 0 Å². The predicted octanol–water partition coefficient (Wildman–Crippen LogP) is 6.22. The molecule has 0 radical (unpaired) electrons. The number of ether oxygens (including phenoxy) is 1. The topological polar surface area (TPSA) is 54.5 Å². The number of rotatable bonds is 8. The maximum Gasteiger partial charge on any atom is 0.409 e. The Kier molecular flexibility index (Phi) is 8.16. The van der Waals surface area contributed by atoms with E-state index >= 15 is 0 Å². The Labute approximate surface area is 207 Å². The van der Waals surface area contributed by atoms with Gasteiger partial charge in [0.25, 0.3) is 0 Å². The number of nitrogens with zero attached hydrogens (tertiary/aromatic N) is 2. The monoisotopic (exact) mass is 515 g/mol. The second-order valence-electron chi connectivity index (χ2n) is 10.1. The largest absolute Gasteiger partial charge is 0.447 e. The number of aromatic nitrogens is 1. The van der Waals surface area contributed by atoms with Crippen LogP contribution in [0.4, 0.5) is 22.4 Å². The van der Waals surface area contributed by atoms with Gasteiger partial charge < -0.3 is 10.1 Å². The predicted molar refractivity (Wildman–Crippen MR) is 128 cm³/mol. The summed E-state index contributed by atoms with van der Waals surface area (Å²) in [4.78, 5) is 19.4. The van der Waals surface area contributed by atoms with Crippen LogP contribution in [0.15, 0.2) is 30.5 Å². The smallest absolute Gasteiger partial charge is 0.409 e. The number of likely N-dealkylation sites (tertiary alicyclic amines) is 1. The molecular formula is C25H33F4N3O2S. The summed E-state index contributed by atoms with van der Waals surface area (Å²) >= 11 is 0.934. The van der Waals surface area contributed by atoms with E-state index in [9.17, 15) is 22.4 Å². The molecule has 1 aliphatic rings.